The van der Waals surface area contributed by atoms with Crippen molar-refractivity contribution < 1.29 is 122 Å². The van der Waals surface area contributed by atoms with Crippen molar-refractivity contribution in [3.8, 4) is 17.2 Å². The largest absolute Gasteiger partial charge is 0.544 e. The van der Waals surface area contributed by atoms with Crippen molar-refractivity contribution in [1.29, 1.82) is 0 Å². The van der Waals surface area contributed by atoms with Crippen LogP contribution in [0.25, 0.3) is 0 Å². The molecule has 0 fully saturated rings. The fourth-order valence-electron chi connectivity index (χ4n) is 5.74. The van der Waals surface area contributed by atoms with Crippen LogP contribution >= 0.6 is 136 Å². The summed E-state index contributed by atoms with van der Waals surface area (Å²) >= 11 is 10.9. The Balaban J connectivity index is 0.000000580. The van der Waals surface area contributed by atoms with Crippen LogP contribution in [0.4, 0.5) is 39.5 Å². The van der Waals surface area contributed by atoms with E-state index >= 15 is 0 Å². The number of esters is 4. The number of carboxylic acid groups (broad SMARTS) is 3. The van der Waals surface area contributed by atoms with Crippen LogP contribution in [0.5, 0.6) is 17.2 Å². The average Bonchev–Trinajstić information content (AvgIpc) is 3.29. The lowest BCUT2D eigenvalue weighted by molar-refractivity contribution is -0.338. The molecule has 0 heterocycles. The summed E-state index contributed by atoms with van der Waals surface area (Å²) in [5.41, 5.74) is -0.880. The molecule has 3 atom stereocenters. The van der Waals surface area contributed by atoms with Gasteiger partial charge in [-0.2, -0.15) is 39.5 Å². The second-order valence-corrected chi connectivity index (χ2v) is 23.4. The molecule has 0 spiro atoms. The van der Waals surface area contributed by atoms with Gasteiger partial charge in [0, 0.05) is 17.8 Å². The van der Waals surface area contributed by atoms with Gasteiger partial charge in [-0.25, -0.2) is 19.2 Å². The van der Waals surface area contributed by atoms with Gasteiger partial charge < -0.3 is 62.9 Å². The highest BCUT2D eigenvalue weighted by molar-refractivity contribution is 14.1. The van der Waals surface area contributed by atoms with Crippen LogP contribution in [0.3, 0.4) is 0 Å². The molecule has 0 bridgehead atoms. The van der Waals surface area contributed by atoms with Crippen LogP contribution < -0.4 is 29.5 Å². The van der Waals surface area contributed by atoms with E-state index in [0.29, 0.717) is 14.3 Å². The molecule has 0 amide bonds. The topological polar surface area (TPSA) is 253 Å². The average molecular weight is 1790 g/mol. The van der Waals surface area contributed by atoms with E-state index in [2.05, 4.69) is 9.47 Å². The first-order valence-electron chi connectivity index (χ1n) is 21.0. The number of hydrogen-bond donors (Lipinski definition) is 0. The summed E-state index contributed by atoms with van der Waals surface area (Å²) in [6, 6.07) is 8.49. The van der Waals surface area contributed by atoms with Crippen LogP contribution in [0, 0.1) is 39.2 Å². The van der Waals surface area contributed by atoms with Gasteiger partial charge in [-0.1, -0.05) is 41.5 Å². The Morgan fingerprint density at radius 1 is 0.468 bits per heavy atom. The van der Waals surface area contributed by atoms with Crippen molar-refractivity contribution in [3.63, 3.8) is 0 Å². The number of benzene rings is 3. The van der Waals surface area contributed by atoms with Crippen molar-refractivity contribution in [3.05, 3.63) is 74.5 Å². The maximum atomic E-state index is 13.9. The highest BCUT2D eigenvalue weighted by Gasteiger charge is 2.49. The summed E-state index contributed by atoms with van der Waals surface area (Å²) in [7, 11) is 2.81. The fraction of sp³-hybridized carbons (Fsp3) is 0.444. The van der Waals surface area contributed by atoms with Gasteiger partial charge in [0.1, 0.15) is 52.7 Å². The van der Waals surface area contributed by atoms with Crippen molar-refractivity contribution in [1.82, 2.24) is 0 Å². The first-order chi connectivity index (χ1) is 35.1. The van der Waals surface area contributed by atoms with E-state index in [1.54, 1.807) is 34.7 Å². The van der Waals surface area contributed by atoms with Gasteiger partial charge in [0.05, 0.1) is 24.4 Å². The van der Waals surface area contributed by atoms with E-state index in [4.69, 9.17) is 23.7 Å². The molecule has 0 aliphatic rings. The van der Waals surface area contributed by atoms with Gasteiger partial charge in [0.2, 0.25) is 0 Å². The van der Waals surface area contributed by atoms with Crippen LogP contribution in [0.2, 0.25) is 0 Å². The molecule has 0 radical (unpaired) electrons. The molecular formula is C45H40F9I6O17-3. The number of hydrogen-bond acceptors (Lipinski definition) is 17. The predicted molar refractivity (Wildman–Crippen MR) is 293 cm³/mol. The molecule has 0 N–H and O–H groups in total. The molecule has 3 aromatic rings. The number of carbonyl (C=O) groups is 7. The Kier molecular flexibility index (Phi) is 29.0. The Morgan fingerprint density at radius 2 is 0.753 bits per heavy atom. The van der Waals surface area contributed by atoms with E-state index in [1.807, 2.05) is 90.4 Å². The van der Waals surface area contributed by atoms with Crippen molar-refractivity contribution in [2.45, 2.75) is 83.8 Å². The van der Waals surface area contributed by atoms with Crippen LogP contribution in [0.15, 0.2) is 36.4 Å². The zero-order valence-electron chi connectivity index (χ0n) is 40.5. The third kappa shape index (κ3) is 20.6. The lowest BCUT2D eigenvalue weighted by Gasteiger charge is -2.30. The lowest BCUT2D eigenvalue weighted by atomic mass is 10.0. The Hall–Kier alpha value is -2.74. The van der Waals surface area contributed by atoms with Gasteiger partial charge in [0.15, 0.2) is 24.1 Å². The molecule has 17 nitrogen and oxygen atoms in total. The summed E-state index contributed by atoms with van der Waals surface area (Å²) < 4.78 is 157. The first-order valence-corrected chi connectivity index (χ1v) is 27.4. The molecule has 3 aromatic carbocycles. The zero-order chi connectivity index (χ0) is 60.0. The lowest BCUT2D eigenvalue weighted by Crippen LogP contribution is -2.53. The second-order valence-electron chi connectivity index (χ2n) is 16.2. The molecule has 0 aromatic heterocycles. The zero-order valence-corrected chi connectivity index (χ0v) is 53.4. The minimum Gasteiger partial charge on any atom is -0.544 e. The number of ether oxygens (including phenoxy) is 7. The number of carbonyl (C=O) groups excluding carboxylic acids is 7. The van der Waals surface area contributed by atoms with Crippen molar-refractivity contribution in [2.75, 3.05) is 27.4 Å². The third-order valence-electron chi connectivity index (χ3n) is 9.26. The minimum absolute atomic E-state index is 0.0522. The van der Waals surface area contributed by atoms with E-state index in [-0.39, 0.29) is 43.0 Å². The van der Waals surface area contributed by atoms with Gasteiger partial charge in [-0.15, -0.1) is 0 Å². The number of halogens is 15. The molecule has 3 unspecified atom stereocenters. The predicted octanol–water partition coefficient (Wildman–Crippen LogP) is 7.89. The monoisotopic (exact) mass is 1780 g/mol. The van der Waals surface area contributed by atoms with Crippen molar-refractivity contribution >= 4 is 177 Å². The normalized spacial score (nSPS) is 13.0. The standard InChI is InChI=1S/C16H18F2I2O6.C15H11F5I2O6.C14H14F2I2O5/c1-8(2)13(16(17,18)15(22)23)26-14(21)10-6-9(19)7-11(20)12(10)25-5-4-24-3;1-5(2)10(14(16,17)12(24)25)28-11(23)7-3-6(21)4-8(22)9(7)27-13(26)15(18,19)20;1-6(2)11(14(15,16)13(20)21)23-12(19)8-4-7(17)5-9(18)10(8)22-3/h6-8,13H,4-5H2,1-3H3,(H,22,23);3-5,10H,1-2H3,(H,24,25);4-6,11H,1-3H3,(H,20,21)/p-3. The molecule has 0 saturated carbocycles. The van der Waals surface area contributed by atoms with Crippen LogP contribution in [-0.2, 0) is 38.1 Å². The number of methoxy groups -OCH3 is 2. The highest BCUT2D eigenvalue weighted by atomic mass is 127. The molecular weight excluding hydrogens is 1740 g/mol. The molecule has 3 rings (SSSR count). The van der Waals surface area contributed by atoms with E-state index in [1.165, 1.54) is 82.7 Å². The van der Waals surface area contributed by atoms with Crippen molar-refractivity contribution in [2.24, 2.45) is 17.8 Å². The fourth-order valence-corrected chi connectivity index (χ4v) is 11.8. The molecule has 0 saturated heterocycles. The van der Waals surface area contributed by atoms with Crippen LogP contribution in [-0.4, -0.2) is 111 Å². The summed E-state index contributed by atoms with van der Waals surface area (Å²) in [4.78, 5) is 80.3. The van der Waals surface area contributed by atoms with E-state index in [9.17, 15) is 88.4 Å². The van der Waals surface area contributed by atoms with E-state index < -0.39 is 113 Å². The first kappa shape index (κ1) is 72.3. The van der Waals surface area contributed by atoms with E-state index in [0.717, 1.165) is 19.9 Å². The summed E-state index contributed by atoms with van der Waals surface area (Å²) in [5.74, 6) is -31.2. The molecule has 0 aliphatic heterocycles. The SMILES string of the molecule is CC(C)C(OC(=O)c1cc(I)cc(I)c1OC(=O)C(F)(F)F)C(F)(F)C(=O)[O-].COCCOc1c(I)cc(I)cc1C(=O)OC(C(C)C)C(F)(F)C(=O)[O-].COc1c(I)cc(I)cc1C(=O)OC(C(C)C)C(F)(F)C(=O)[O-]. The Morgan fingerprint density at radius 3 is 1.03 bits per heavy atom. The smallest absolute Gasteiger partial charge is 0.491 e. The van der Waals surface area contributed by atoms with Gasteiger partial charge in [0.25, 0.3) is 0 Å². The van der Waals surface area contributed by atoms with Gasteiger partial charge >= 0.3 is 47.8 Å². The molecule has 430 valence electrons. The summed E-state index contributed by atoms with van der Waals surface area (Å²) in [6.07, 6.45) is -12.2. The van der Waals surface area contributed by atoms with Gasteiger partial charge in [-0.05, 0) is 190 Å². The quantitative estimate of drug-likeness (QED) is 0.0245. The number of alkyl halides is 9. The number of rotatable bonds is 21. The number of aliphatic carboxylic acids is 3. The molecule has 0 aliphatic carbocycles. The highest BCUT2D eigenvalue weighted by Crippen LogP contribution is 2.37. The molecule has 77 heavy (non-hydrogen) atoms. The minimum atomic E-state index is -5.38. The maximum absolute atomic E-state index is 13.9. The molecule has 32 heteroatoms. The van der Waals surface area contributed by atoms with Crippen LogP contribution in [0.1, 0.15) is 72.6 Å². The Bertz CT molecular complexity index is 2640. The Labute approximate surface area is 514 Å². The third-order valence-corrected chi connectivity index (χ3v) is 13.5. The summed E-state index contributed by atoms with van der Waals surface area (Å²) in [5, 5.41) is 32.0. The second kappa shape index (κ2) is 30.9. The number of carboxylic acids is 3. The maximum Gasteiger partial charge on any atom is 0.491 e. The van der Waals surface area contributed by atoms with Gasteiger partial charge in [-0.3, -0.25) is 0 Å². The summed E-state index contributed by atoms with van der Waals surface area (Å²) in [6.45, 7) is 7.96.